The minimum Gasteiger partial charge on any atom is -0.478 e. The molecule has 6 rings (SSSR count). The quantitative estimate of drug-likeness (QED) is 0.375. The van der Waals surface area contributed by atoms with E-state index in [-0.39, 0.29) is 17.7 Å². The molecule has 2 unspecified atom stereocenters. The van der Waals surface area contributed by atoms with Gasteiger partial charge < -0.3 is 28.8 Å². The van der Waals surface area contributed by atoms with Gasteiger partial charge >= 0.3 is 5.97 Å². The highest BCUT2D eigenvalue weighted by molar-refractivity contribution is 6.30. The number of aromatic nitrogens is 2. The molecular weight excluding hydrogens is 551 g/mol. The van der Waals surface area contributed by atoms with Gasteiger partial charge in [0, 0.05) is 50.3 Å². The van der Waals surface area contributed by atoms with Gasteiger partial charge in [0.05, 0.1) is 42.3 Å². The second-order valence-electron chi connectivity index (χ2n) is 10.8. The Kier molecular flexibility index (Phi) is 7.39. The van der Waals surface area contributed by atoms with Gasteiger partial charge in [0.1, 0.15) is 11.6 Å². The third kappa shape index (κ3) is 5.51. The van der Waals surface area contributed by atoms with Crippen molar-refractivity contribution in [1.29, 1.82) is 0 Å². The second kappa shape index (κ2) is 11.0. The lowest BCUT2D eigenvalue weighted by Crippen LogP contribution is -2.51. The molecular formula is C30H32ClFN4O5. The van der Waals surface area contributed by atoms with Crippen molar-refractivity contribution in [3.05, 3.63) is 76.6 Å². The number of fused-ring (bicyclic) bond motifs is 1. The van der Waals surface area contributed by atoms with Gasteiger partial charge in [-0.3, -0.25) is 4.90 Å². The van der Waals surface area contributed by atoms with Crippen molar-refractivity contribution in [3.63, 3.8) is 0 Å². The van der Waals surface area contributed by atoms with E-state index >= 15 is 0 Å². The van der Waals surface area contributed by atoms with E-state index in [1.807, 2.05) is 18.2 Å². The molecule has 0 spiro atoms. The summed E-state index contributed by atoms with van der Waals surface area (Å²) in [6.45, 7) is 8.17. The summed E-state index contributed by atoms with van der Waals surface area (Å²) in [4.78, 5) is 20.4. The number of hydrogen-bond acceptors (Lipinski definition) is 7. The van der Waals surface area contributed by atoms with Crippen LogP contribution in [-0.4, -0.2) is 63.9 Å². The SMILES string of the molecule is C[C@H]1CN(c2cccc3c2OC(C)(c2ccc(Cl)cc2F)O3)CCN1Cc1ncc(/C=C/C(=O)O)n1CC1CCO1. The van der Waals surface area contributed by atoms with Crippen molar-refractivity contribution in [2.24, 2.45) is 0 Å². The van der Waals surface area contributed by atoms with E-state index < -0.39 is 17.6 Å². The maximum absolute atomic E-state index is 14.8. The van der Waals surface area contributed by atoms with Crippen molar-refractivity contribution < 1.29 is 28.5 Å². The highest BCUT2D eigenvalue weighted by atomic mass is 35.5. The Morgan fingerprint density at radius 2 is 2.10 bits per heavy atom. The number of ether oxygens (including phenoxy) is 3. The predicted octanol–water partition coefficient (Wildman–Crippen LogP) is 4.92. The number of imidazole rings is 1. The summed E-state index contributed by atoms with van der Waals surface area (Å²) < 4.78 is 35.0. The Morgan fingerprint density at radius 3 is 2.80 bits per heavy atom. The molecule has 2 aromatic carbocycles. The number of anilines is 1. The maximum atomic E-state index is 14.8. The van der Waals surface area contributed by atoms with Crippen LogP contribution in [0.15, 0.2) is 48.7 Å². The van der Waals surface area contributed by atoms with E-state index in [4.69, 9.17) is 30.9 Å². The first-order chi connectivity index (χ1) is 19.7. The van der Waals surface area contributed by atoms with Crippen molar-refractivity contribution in [2.75, 3.05) is 31.1 Å². The molecule has 3 aliphatic rings. The largest absolute Gasteiger partial charge is 0.478 e. The van der Waals surface area contributed by atoms with Crippen LogP contribution in [0.2, 0.25) is 5.02 Å². The van der Waals surface area contributed by atoms with Crippen LogP contribution in [0.5, 0.6) is 11.5 Å². The first-order valence-corrected chi connectivity index (χ1v) is 14.1. The first-order valence-electron chi connectivity index (χ1n) is 13.7. The van der Waals surface area contributed by atoms with E-state index in [1.54, 1.807) is 31.3 Å². The van der Waals surface area contributed by atoms with Crippen molar-refractivity contribution in [3.8, 4) is 11.5 Å². The van der Waals surface area contributed by atoms with E-state index in [0.29, 0.717) is 29.6 Å². The number of rotatable bonds is 8. The molecule has 0 bridgehead atoms. The molecule has 41 heavy (non-hydrogen) atoms. The van der Waals surface area contributed by atoms with Crippen molar-refractivity contribution in [2.45, 2.75) is 51.3 Å². The molecule has 3 aliphatic heterocycles. The average molecular weight is 583 g/mol. The normalized spacial score (nSPS) is 24.1. The smallest absolute Gasteiger partial charge is 0.328 e. The summed E-state index contributed by atoms with van der Waals surface area (Å²) in [5.41, 5.74) is 1.93. The molecule has 4 heterocycles. The molecule has 2 fully saturated rings. The summed E-state index contributed by atoms with van der Waals surface area (Å²) >= 11 is 5.96. The molecule has 1 N–H and O–H groups in total. The van der Waals surface area contributed by atoms with Crippen LogP contribution in [0.25, 0.3) is 6.08 Å². The minimum atomic E-state index is -1.31. The Hall–Kier alpha value is -3.60. The summed E-state index contributed by atoms with van der Waals surface area (Å²) in [6, 6.07) is 10.4. The average Bonchev–Trinajstić information content (AvgIpc) is 3.45. The van der Waals surface area contributed by atoms with Gasteiger partial charge in [0.15, 0.2) is 11.5 Å². The van der Waals surface area contributed by atoms with Crippen LogP contribution in [0.4, 0.5) is 10.1 Å². The number of piperazine rings is 1. The molecule has 0 saturated carbocycles. The summed E-state index contributed by atoms with van der Waals surface area (Å²) in [7, 11) is 0. The van der Waals surface area contributed by atoms with E-state index in [9.17, 15) is 9.18 Å². The van der Waals surface area contributed by atoms with Crippen LogP contribution < -0.4 is 14.4 Å². The molecule has 11 heteroatoms. The van der Waals surface area contributed by atoms with Gasteiger partial charge in [-0.15, -0.1) is 0 Å². The Balaban J connectivity index is 1.17. The van der Waals surface area contributed by atoms with Crippen LogP contribution in [0.1, 0.15) is 37.4 Å². The summed E-state index contributed by atoms with van der Waals surface area (Å²) in [6.07, 6.45) is 5.53. The topological polar surface area (TPSA) is 89.3 Å². The molecule has 3 atom stereocenters. The number of para-hydroxylation sites is 1. The number of hydrogen-bond donors (Lipinski definition) is 1. The van der Waals surface area contributed by atoms with E-state index in [1.165, 1.54) is 6.07 Å². The van der Waals surface area contributed by atoms with Crippen molar-refractivity contribution >= 4 is 29.3 Å². The lowest BCUT2D eigenvalue weighted by molar-refractivity contribution is -0.131. The van der Waals surface area contributed by atoms with Crippen LogP contribution in [0.3, 0.4) is 0 Å². The van der Waals surface area contributed by atoms with Gasteiger partial charge in [0.2, 0.25) is 0 Å². The number of carboxylic acids is 1. The second-order valence-corrected chi connectivity index (χ2v) is 11.2. The van der Waals surface area contributed by atoms with Gasteiger partial charge in [-0.1, -0.05) is 17.7 Å². The fourth-order valence-corrected chi connectivity index (χ4v) is 5.81. The van der Waals surface area contributed by atoms with Gasteiger partial charge in [-0.25, -0.2) is 14.2 Å². The number of carboxylic acid groups (broad SMARTS) is 1. The van der Waals surface area contributed by atoms with Crippen LogP contribution >= 0.6 is 11.6 Å². The third-order valence-electron chi connectivity index (χ3n) is 7.98. The number of nitrogens with zero attached hydrogens (tertiary/aromatic N) is 4. The number of halogens is 2. The van der Waals surface area contributed by atoms with E-state index in [0.717, 1.165) is 55.9 Å². The zero-order chi connectivity index (χ0) is 28.7. The minimum absolute atomic E-state index is 0.114. The van der Waals surface area contributed by atoms with Gasteiger partial charge in [0.25, 0.3) is 5.79 Å². The zero-order valence-corrected chi connectivity index (χ0v) is 23.7. The first kappa shape index (κ1) is 27.6. The standard InChI is InChI=1S/C30H32ClFN4O5/c1-19-16-35(25-4-3-5-26-29(25)41-30(2,40-26)23-8-6-20(31)14-24(23)32)12-11-34(19)18-27-33-15-21(7-9-28(37)38)36(27)17-22-10-13-39-22/h3-9,14-15,19,22H,10-13,16-18H2,1-2H3,(H,37,38)/b9-7+/t19-,22?,30?/m0/s1. The molecule has 0 aliphatic carbocycles. The Morgan fingerprint density at radius 1 is 1.27 bits per heavy atom. The molecule has 1 aromatic heterocycles. The molecule has 3 aromatic rings. The molecule has 9 nitrogen and oxygen atoms in total. The molecule has 0 amide bonds. The van der Waals surface area contributed by atoms with Crippen LogP contribution in [0, 0.1) is 5.82 Å². The Labute approximate surface area is 242 Å². The number of benzene rings is 2. The number of carbonyl (C=O) groups is 1. The highest BCUT2D eigenvalue weighted by Crippen LogP contribution is 2.50. The maximum Gasteiger partial charge on any atom is 0.328 e. The monoisotopic (exact) mass is 582 g/mol. The lowest BCUT2D eigenvalue weighted by atomic mass is 10.1. The summed E-state index contributed by atoms with van der Waals surface area (Å²) in [5, 5.41) is 9.41. The van der Waals surface area contributed by atoms with E-state index in [2.05, 4.69) is 26.3 Å². The summed E-state index contributed by atoms with van der Waals surface area (Å²) in [5.74, 6) is -0.754. The Bertz CT molecular complexity index is 1490. The van der Waals surface area contributed by atoms with Gasteiger partial charge in [-0.05, 0) is 49.8 Å². The fraction of sp³-hybridized carbons (Fsp3) is 0.400. The molecule has 216 valence electrons. The predicted molar refractivity (Wildman–Crippen MR) is 152 cm³/mol. The fourth-order valence-electron chi connectivity index (χ4n) is 5.65. The van der Waals surface area contributed by atoms with Crippen LogP contribution in [-0.2, 0) is 28.4 Å². The third-order valence-corrected chi connectivity index (χ3v) is 8.21. The van der Waals surface area contributed by atoms with Gasteiger partial charge in [-0.2, -0.15) is 0 Å². The zero-order valence-electron chi connectivity index (χ0n) is 22.9. The molecule has 0 radical (unpaired) electrons. The molecule has 2 saturated heterocycles. The van der Waals surface area contributed by atoms with Crippen molar-refractivity contribution in [1.82, 2.24) is 14.5 Å². The highest BCUT2D eigenvalue weighted by Gasteiger charge is 2.43. The lowest BCUT2D eigenvalue weighted by Gasteiger charge is -2.41. The number of aliphatic carboxylic acids is 1.